The van der Waals surface area contributed by atoms with E-state index in [1.807, 2.05) is 0 Å². The summed E-state index contributed by atoms with van der Waals surface area (Å²) < 4.78 is 68.7. The van der Waals surface area contributed by atoms with Crippen LogP contribution in [-0.2, 0) is 65.4 Å². The van der Waals surface area contributed by atoms with Gasteiger partial charge in [-0.2, -0.15) is 0 Å². The number of aliphatic hydroxyl groups excluding tert-OH is 1. The van der Waals surface area contributed by atoms with Gasteiger partial charge in [-0.15, -0.1) is 0 Å². The summed E-state index contributed by atoms with van der Waals surface area (Å²) in [5.41, 5.74) is 0. The molecule has 0 aliphatic rings. The molecule has 0 heterocycles. The van der Waals surface area contributed by atoms with Crippen molar-refractivity contribution in [1.82, 2.24) is 0 Å². The second kappa shape index (κ2) is 76.8. The van der Waals surface area contributed by atoms with Crippen LogP contribution in [0.3, 0.4) is 0 Å². The minimum atomic E-state index is -4.96. The van der Waals surface area contributed by atoms with Crippen LogP contribution in [-0.4, -0.2) is 96.7 Å². The van der Waals surface area contributed by atoms with E-state index < -0.39 is 97.5 Å². The van der Waals surface area contributed by atoms with Gasteiger partial charge in [0.25, 0.3) is 0 Å². The van der Waals surface area contributed by atoms with Crippen molar-refractivity contribution in [3.63, 3.8) is 0 Å². The average Bonchev–Trinajstić information content (AvgIpc) is 0.920. The van der Waals surface area contributed by atoms with E-state index in [1.54, 1.807) is 0 Å². The van der Waals surface area contributed by atoms with Gasteiger partial charge in [-0.25, -0.2) is 9.13 Å². The SMILES string of the molecule is CCCCCCCCCCCCCCCCCCCCCCCCC(=O)O[C@H](COC(=O)CCCCCCCCCCCCCCCCCCCCCC)COP(=O)(O)OC[C@@H](O)COP(=O)(O)OC[C@@H](COC(=O)CCCCCCCCCCC)OC(=O)CCCCCCCCCCCC(C)C. The van der Waals surface area contributed by atoms with Gasteiger partial charge < -0.3 is 33.8 Å². The fourth-order valence-electron chi connectivity index (χ4n) is 13.1. The molecule has 19 heteroatoms. The van der Waals surface area contributed by atoms with Crippen molar-refractivity contribution in [2.45, 2.75) is 470 Å². The third-order valence-electron chi connectivity index (χ3n) is 19.8. The molecule has 5 atom stereocenters. The summed E-state index contributed by atoms with van der Waals surface area (Å²) in [5, 5.41) is 10.6. The van der Waals surface area contributed by atoms with Crippen LogP contribution in [0.4, 0.5) is 0 Å². The second-order valence-electron chi connectivity index (χ2n) is 30.7. The van der Waals surface area contributed by atoms with Crippen molar-refractivity contribution in [3.8, 4) is 0 Å². The predicted molar refractivity (Wildman–Crippen MR) is 423 cm³/mol. The van der Waals surface area contributed by atoms with Gasteiger partial charge in [0.1, 0.15) is 19.3 Å². The second-order valence-corrected chi connectivity index (χ2v) is 33.6. The van der Waals surface area contributed by atoms with Crippen LogP contribution in [0.2, 0.25) is 0 Å². The molecule has 103 heavy (non-hydrogen) atoms. The van der Waals surface area contributed by atoms with Gasteiger partial charge in [-0.3, -0.25) is 37.3 Å². The third-order valence-corrected chi connectivity index (χ3v) is 21.7. The highest BCUT2D eigenvalue weighted by atomic mass is 31.2. The highest BCUT2D eigenvalue weighted by molar-refractivity contribution is 7.47. The highest BCUT2D eigenvalue weighted by Crippen LogP contribution is 2.45. The number of carbonyl (C=O) groups excluding carboxylic acids is 4. The van der Waals surface area contributed by atoms with Crippen molar-refractivity contribution in [2.24, 2.45) is 5.92 Å². The predicted octanol–water partition coefficient (Wildman–Crippen LogP) is 25.6. The quantitative estimate of drug-likeness (QED) is 0.0222. The molecule has 0 aromatic rings. The first-order valence-electron chi connectivity index (χ1n) is 43.6. The van der Waals surface area contributed by atoms with E-state index >= 15 is 0 Å². The Kier molecular flexibility index (Phi) is 75.4. The Morgan fingerprint density at radius 3 is 0.660 bits per heavy atom. The zero-order chi connectivity index (χ0) is 75.5. The molecule has 0 aromatic carbocycles. The van der Waals surface area contributed by atoms with Gasteiger partial charge in [-0.05, 0) is 31.6 Å². The molecule has 0 radical (unpaired) electrons. The first-order chi connectivity index (χ1) is 50.0. The van der Waals surface area contributed by atoms with E-state index in [4.69, 9.17) is 37.0 Å². The lowest BCUT2D eigenvalue weighted by Gasteiger charge is -2.21. The number of unbranched alkanes of at least 4 members (excludes halogenated alkanes) is 56. The van der Waals surface area contributed by atoms with Crippen molar-refractivity contribution >= 4 is 39.5 Å². The zero-order valence-corrected chi connectivity index (χ0v) is 69.3. The summed E-state index contributed by atoms with van der Waals surface area (Å²) in [5.74, 6) is -1.37. The molecule has 0 aromatic heterocycles. The van der Waals surface area contributed by atoms with Crippen molar-refractivity contribution in [3.05, 3.63) is 0 Å². The molecular formula is C84H164O17P2. The third kappa shape index (κ3) is 78.0. The summed E-state index contributed by atoms with van der Waals surface area (Å²) in [6.07, 6.45) is 69.7. The molecule has 0 aliphatic heterocycles. The van der Waals surface area contributed by atoms with Gasteiger partial charge in [0, 0.05) is 25.7 Å². The van der Waals surface area contributed by atoms with Gasteiger partial charge in [0.2, 0.25) is 0 Å². The lowest BCUT2D eigenvalue weighted by atomic mass is 10.0. The summed E-state index contributed by atoms with van der Waals surface area (Å²) in [6, 6.07) is 0. The smallest absolute Gasteiger partial charge is 0.462 e. The molecule has 17 nitrogen and oxygen atoms in total. The van der Waals surface area contributed by atoms with Crippen LogP contribution in [0.1, 0.15) is 452 Å². The largest absolute Gasteiger partial charge is 0.472 e. The maximum absolute atomic E-state index is 13.1. The molecule has 3 N–H and O–H groups in total. The highest BCUT2D eigenvalue weighted by Gasteiger charge is 2.30. The van der Waals surface area contributed by atoms with Crippen LogP contribution in [0.15, 0.2) is 0 Å². The van der Waals surface area contributed by atoms with E-state index in [1.165, 1.54) is 276 Å². The first-order valence-corrected chi connectivity index (χ1v) is 46.6. The number of rotatable bonds is 84. The topological polar surface area (TPSA) is 237 Å². The molecule has 0 fully saturated rings. The molecule has 612 valence electrons. The van der Waals surface area contributed by atoms with Crippen molar-refractivity contribution in [1.29, 1.82) is 0 Å². The number of hydrogen-bond acceptors (Lipinski definition) is 15. The summed E-state index contributed by atoms with van der Waals surface area (Å²) in [4.78, 5) is 73.0. The number of aliphatic hydroxyl groups is 1. The van der Waals surface area contributed by atoms with E-state index in [2.05, 4.69) is 34.6 Å². The normalized spacial score (nSPS) is 13.8. The van der Waals surface area contributed by atoms with Gasteiger partial charge in [0.15, 0.2) is 12.2 Å². The van der Waals surface area contributed by atoms with Gasteiger partial charge in [-0.1, -0.05) is 401 Å². The summed E-state index contributed by atoms with van der Waals surface area (Å²) >= 11 is 0. The molecule has 0 amide bonds. The number of phosphoric acid groups is 2. The van der Waals surface area contributed by atoms with Crippen LogP contribution in [0.25, 0.3) is 0 Å². The van der Waals surface area contributed by atoms with Gasteiger partial charge >= 0.3 is 39.5 Å². The average molecular weight is 1510 g/mol. The fraction of sp³-hybridized carbons (Fsp3) is 0.952. The Morgan fingerprint density at radius 1 is 0.262 bits per heavy atom. The molecule has 0 spiro atoms. The fourth-order valence-corrected chi connectivity index (χ4v) is 14.7. The molecule has 0 aliphatic carbocycles. The standard InChI is InChI=1S/C84H164O17P2/c1-6-9-12-15-18-21-23-25-27-29-31-33-34-36-38-40-42-44-49-54-59-64-69-83(88)100-80(74-95-82(87)68-63-58-53-48-43-41-39-37-35-32-30-28-26-24-22-19-16-13-10-7-2)76-99-103(92,93)97-72-78(85)71-96-102(90,91)98-75-79(73-94-81(86)67-62-57-52-46-20-17-14-11-8-3)101-84(89)70-65-60-55-50-45-47-51-56-61-66-77(4)5/h77-80,85H,6-76H2,1-5H3,(H,90,91)(H,92,93)/t78-,79+,80+/m0/s1. The lowest BCUT2D eigenvalue weighted by Crippen LogP contribution is -2.30. The Labute approximate surface area is 632 Å². The van der Waals surface area contributed by atoms with E-state index in [-0.39, 0.29) is 25.7 Å². The molecule has 0 saturated carbocycles. The number of carbonyl (C=O) groups is 4. The Morgan fingerprint density at radius 2 is 0.447 bits per heavy atom. The monoisotopic (exact) mass is 1510 g/mol. The minimum absolute atomic E-state index is 0.106. The number of phosphoric ester groups is 2. The van der Waals surface area contributed by atoms with Crippen LogP contribution >= 0.6 is 15.6 Å². The number of esters is 4. The number of ether oxygens (including phenoxy) is 4. The zero-order valence-electron chi connectivity index (χ0n) is 67.5. The Bertz CT molecular complexity index is 1960. The molecule has 0 saturated heterocycles. The molecular weight excluding hydrogens is 1340 g/mol. The minimum Gasteiger partial charge on any atom is -0.462 e. The molecule has 2 unspecified atom stereocenters. The summed E-state index contributed by atoms with van der Waals surface area (Å²) in [6.45, 7) is 7.30. The summed E-state index contributed by atoms with van der Waals surface area (Å²) in [7, 11) is -9.92. The van der Waals surface area contributed by atoms with Crippen molar-refractivity contribution in [2.75, 3.05) is 39.6 Å². The number of hydrogen-bond donors (Lipinski definition) is 3. The maximum atomic E-state index is 13.1. The van der Waals surface area contributed by atoms with Crippen LogP contribution < -0.4 is 0 Å². The van der Waals surface area contributed by atoms with E-state index in [0.717, 1.165) is 95.8 Å². The van der Waals surface area contributed by atoms with Crippen LogP contribution in [0.5, 0.6) is 0 Å². The van der Waals surface area contributed by atoms with E-state index in [9.17, 15) is 43.2 Å². The van der Waals surface area contributed by atoms with E-state index in [0.29, 0.717) is 25.7 Å². The van der Waals surface area contributed by atoms with Crippen LogP contribution in [0, 0.1) is 5.92 Å². The molecule has 0 bridgehead atoms. The van der Waals surface area contributed by atoms with Gasteiger partial charge in [0.05, 0.1) is 26.4 Å². The molecule has 0 rings (SSSR count). The lowest BCUT2D eigenvalue weighted by molar-refractivity contribution is -0.161. The maximum Gasteiger partial charge on any atom is 0.472 e. The first kappa shape index (κ1) is 101. The Hall–Kier alpha value is -1.94. The Balaban J connectivity index is 5.18. The van der Waals surface area contributed by atoms with Crippen molar-refractivity contribution < 1.29 is 80.2 Å².